The lowest BCUT2D eigenvalue weighted by atomic mass is 10.00. The second-order valence-corrected chi connectivity index (χ2v) is 5.14. The minimum atomic E-state index is 0.103. The Bertz CT molecular complexity index is 657. The quantitative estimate of drug-likeness (QED) is 0.757. The zero-order chi connectivity index (χ0) is 14.5. The van der Waals surface area contributed by atoms with Gasteiger partial charge < -0.3 is 9.73 Å². The highest BCUT2D eigenvalue weighted by Gasteiger charge is 2.14. The average molecular weight is 277 g/mol. The molecule has 2 nitrogen and oxygen atoms in total. The monoisotopic (exact) mass is 277 g/mol. The van der Waals surface area contributed by atoms with Gasteiger partial charge in [-0.2, -0.15) is 0 Å². The Hall–Kier alpha value is -2.32. The third-order valence-corrected chi connectivity index (χ3v) is 3.68. The molecule has 3 rings (SSSR count). The number of furan rings is 1. The minimum absolute atomic E-state index is 0.103. The van der Waals surface area contributed by atoms with Crippen LogP contribution in [0.4, 0.5) is 0 Å². The zero-order valence-corrected chi connectivity index (χ0v) is 12.1. The summed E-state index contributed by atoms with van der Waals surface area (Å²) in [5.41, 5.74) is 3.87. The van der Waals surface area contributed by atoms with Crippen molar-refractivity contribution in [2.75, 3.05) is 7.05 Å². The third kappa shape index (κ3) is 3.23. The Morgan fingerprint density at radius 2 is 1.57 bits per heavy atom. The van der Waals surface area contributed by atoms with Crippen molar-refractivity contribution < 1.29 is 4.42 Å². The van der Waals surface area contributed by atoms with E-state index in [1.54, 1.807) is 6.26 Å². The highest BCUT2D eigenvalue weighted by atomic mass is 16.3. The van der Waals surface area contributed by atoms with Gasteiger partial charge in [-0.15, -0.1) is 0 Å². The maximum Gasteiger partial charge on any atom is 0.125 e. The Morgan fingerprint density at radius 3 is 2.19 bits per heavy atom. The molecule has 0 saturated heterocycles. The summed E-state index contributed by atoms with van der Waals surface area (Å²) in [5.74, 6) is 0.938. The van der Waals surface area contributed by atoms with Crippen molar-refractivity contribution in [3.63, 3.8) is 0 Å². The van der Waals surface area contributed by atoms with Gasteiger partial charge in [-0.1, -0.05) is 54.6 Å². The van der Waals surface area contributed by atoms with E-state index in [0.29, 0.717) is 0 Å². The van der Waals surface area contributed by atoms with Crippen molar-refractivity contribution in [2.45, 2.75) is 12.5 Å². The number of hydrogen-bond acceptors (Lipinski definition) is 2. The fraction of sp³-hybridized carbons (Fsp3) is 0.158. The van der Waals surface area contributed by atoms with Crippen molar-refractivity contribution >= 4 is 0 Å². The van der Waals surface area contributed by atoms with E-state index in [1.165, 1.54) is 16.7 Å². The number of nitrogens with one attached hydrogen (secondary N) is 1. The molecular formula is C19H19NO. The summed E-state index contributed by atoms with van der Waals surface area (Å²) in [5, 5.41) is 3.30. The lowest BCUT2D eigenvalue weighted by Crippen LogP contribution is -2.16. The summed E-state index contributed by atoms with van der Waals surface area (Å²) in [6, 6.07) is 23.3. The molecule has 1 unspecified atom stereocenters. The lowest BCUT2D eigenvalue weighted by Gasteiger charge is -2.14. The van der Waals surface area contributed by atoms with Gasteiger partial charge in [0.2, 0.25) is 0 Å². The van der Waals surface area contributed by atoms with Gasteiger partial charge in [0.25, 0.3) is 0 Å². The first-order valence-electron chi connectivity index (χ1n) is 7.20. The summed E-state index contributed by atoms with van der Waals surface area (Å²) < 4.78 is 5.50. The molecule has 1 atom stereocenters. The van der Waals surface area contributed by atoms with E-state index in [0.717, 1.165) is 12.2 Å². The number of benzene rings is 2. The Morgan fingerprint density at radius 1 is 0.857 bits per heavy atom. The predicted octanol–water partition coefficient (Wildman–Crippen LogP) is 4.18. The molecule has 0 radical (unpaired) electrons. The van der Waals surface area contributed by atoms with Crippen LogP contribution in [0.3, 0.4) is 0 Å². The normalized spacial score (nSPS) is 12.2. The van der Waals surface area contributed by atoms with Crippen LogP contribution in [0.25, 0.3) is 0 Å². The standard InChI is InChI=1S/C19H19NO/c1-20-19(18-8-5-13-21-18)17-11-9-16(10-12-17)14-15-6-3-2-4-7-15/h2-13,19-20H,14H2,1H3. The maximum atomic E-state index is 5.50. The average Bonchev–Trinajstić information content (AvgIpc) is 3.05. The molecule has 0 aliphatic carbocycles. The van der Waals surface area contributed by atoms with Crippen LogP contribution in [-0.4, -0.2) is 7.05 Å². The summed E-state index contributed by atoms with van der Waals surface area (Å²) >= 11 is 0. The molecule has 0 saturated carbocycles. The highest BCUT2D eigenvalue weighted by molar-refractivity contribution is 5.32. The van der Waals surface area contributed by atoms with E-state index in [-0.39, 0.29) is 6.04 Å². The molecule has 0 bridgehead atoms. The van der Waals surface area contributed by atoms with Gasteiger partial charge in [-0.3, -0.25) is 0 Å². The largest absolute Gasteiger partial charge is 0.467 e. The van der Waals surface area contributed by atoms with Crippen LogP contribution in [0.1, 0.15) is 28.5 Å². The molecule has 0 spiro atoms. The van der Waals surface area contributed by atoms with E-state index >= 15 is 0 Å². The third-order valence-electron chi connectivity index (χ3n) is 3.68. The van der Waals surface area contributed by atoms with Gasteiger partial charge in [-0.05, 0) is 42.3 Å². The summed E-state index contributed by atoms with van der Waals surface area (Å²) in [4.78, 5) is 0. The molecule has 3 aromatic rings. The van der Waals surface area contributed by atoms with Crippen LogP contribution in [0, 0.1) is 0 Å². The Balaban J connectivity index is 1.77. The molecule has 0 fully saturated rings. The van der Waals surface area contributed by atoms with E-state index in [9.17, 15) is 0 Å². The smallest absolute Gasteiger partial charge is 0.125 e. The molecule has 0 amide bonds. The van der Waals surface area contributed by atoms with Gasteiger partial charge in [0, 0.05) is 0 Å². The molecular weight excluding hydrogens is 258 g/mol. The van der Waals surface area contributed by atoms with Crippen LogP contribution < -0.4 is 5.32 Å². The molecule has 2 heteroatoms. The first-order chi connectivity index (χ1) is 10.4. The van der Waals surface area contributed by atoms with Gasteiger partial charge in [0.05, 0.1) is 12.3 Å². The van der Waals surface area contributed by atoms with Crippen molar-refractivity contribution in [1.82, 2.24) is 5.32 Å². The Labute approximate surface area is 125 Å². The van der Waals surface area contributed by atoms with Gasteiger partial charge in [0.1, 0.15) is 5.76 Å². The molecule has 1 N–H and O–H groups in total. The first-order valence-corrected chi connectivity index (χ1v) is 7.20. The summed E-state index contributed by atoms with van der Waals surface area (Å²) in [6.45, 7) is 0. The first kappa shape index (κ1) is 13.7. The van der Waals surface area contributed by atoms with E-state index < -0.39 is 0 Å². The van der Waals surface area contributed by atoms with Crippen LogP contribution >= 0.6 is 0 Å². The minimum Gasteiger partial charge on any atom is -0.467 e. The molecule has 1 aromatic heterocycles. The molecule has 0 aliphatic heterocycles. The molecule has 2 aromatic carbocycles. The van der Waals surface area contributed by atoms with E-state index in [1.807, 2.05) is 25.2 Å². The molecule has 0 aliphatic rings. The van der Waals surface area contributed by atoms with Crippen molar-refractivity contribution in [2.24, 2.45) is 0 Å². The summed E-state index contributed by atoms with van der Waals surface area (Å²) in [6.07, 6.45) is 2.68. The predicted molar refractivity (Wildman–Crippen MR) is 85.3 cm³/mol. The van der Waals surface area contributed by atoms with Crippen LogP contribution in [-0.2, 0) is 6.42 Å². The van der Waals surface area contributed by atoms with Crippen LogP contribution in [0.2, 0.25) is 0 Å². The fourth-order valence-electron chi connectivity index (χ4n) is 2.59. The van der Waals surface area contributed by atoms with Crippen molar-refractivity contribution in [3.8, 4) is 0 Å². The molecule has 1 heterocycles. The maximum absolute atomic E-state index is 5.50. The van der Waals surface area contributed by atoms with Crippen molar-refractivity contribution in [1.29, 1.82) is 0 Å². The highest BCUT2D eigenvalue weighted by Crippen LogP contribution is 2.23. The summed E-state index contributed by atoms with van der Waals surface area (Å²) in [7, 11) is 1.95. The van der Waals surface area contributed by atoms with Crippen LogP contribution in [0.5, 0.6) is 0 Å². The zero-order valence-electron chi connectivity index (χ0n) is 12.1. The van der Waals surface area contributed by atoms with Crippen molar-refractivity contribution in [3.05, 3.63) is 95.4 Å². The van der Waals surface area contributed by atoms with Crippen LogP contribution in [0.15, 0.2) is 77.4 Å². The van der Waals surface area contributed by atoms with Gasteiger partial charge >= 0.3 is 0 Å². The second kappa shape index (κ2) is 6.42. The number of rotatable bonds is 5. The lowest BCUT2D eigenvalue weighted by molar-refractivity contribution is 0.463. The molecule has 106 valence electrons. The topological polar surface area (TPSA) is 25.2 Å². The SMILES string of the molecule is CNC(c1ccc(Cc2ccccc2)cc1)c1ccco1. The Kier molecular flexibility index (Phi) is 4.17. The number of hydrogen-bond donors (Lipinski definition) is 1. The molecule has 21 heavy (non-hydrogen) atoms. The second-order valence-electron chi connectivity index (χ2n) is 5.14. The fourth-order valence-corrected chi connectivity index (χ4v) is 2.59. The van der Waals surface area contributed by atoms with Gasteiger partial charge in [0.15, 0.2) is 0 Å². The van der Waals surface area contributed by atoms with E-state index in [4.69, 9.17) is 4.42 Å². The van der Waals surface area contributed by atoms with E-state index in [2.05, 4.69) is 53.8 Å². The van der Waals surface area contributed by atoms with Gasteiger partial charge in [-0.25, -0.2) is 0 Å².